The third kappa shape index (κ3) is 3.94. The van der Waals surface area contributed by atoms with E-state index < -0.39 is 5.41 Å². The number of nitrogens with one attached hydrogen (secondary N) is 1. The molecule has 1 amide bonds. The highest BCUT2D eigenvalue weighted by Gasteiger charge is 2.40. The molecule has 0 atom stereocenters. The summed E-state index contributed by atoms with van der Waals surface area (Å²) >= 11 is 0. The Morgan fingerprint density at radius 3 is 2.21 bits per heavy atom. The molecule has 0 unspecified atom stereocenters. The Labute approximate surface area is 116 Å². The highest BCUT2D eigenvalue weighted by molar-refractivity contribution is 5.85. The lowest BCUT2D eigenvalue weighted by atomic mass is 9.80. The summed E-state index contributed by atoms with van der Waals surface area (Å²) in [6.45, 7) is 10.3. The Morgan fingerprint density at radius 1 is 1.26 bits per heavy atom. The zero-order valence-electron chi connectivity index (χ0n) is 12.5. The second kappa shape index (κ2) is 6.91. The SMILES string of the molecule is CC(C)C(CNC(=O)C1(C#N)CCOCC1)C(C)C. The van der Waals surface area contributed by atoms with Crippen LogP contribution in [0.3, 0.4) is 0 Å². The van der Waals surface area contributed by atoms with Crippen molar-refractivity contribution in [3.8, 4) is 6.07 Å². The van der Waals surface area contributed by atoms with Gasteiger partial charge in [0.2, 0.25) is 5.91 Å². The molecule has 0 radical (unpaired) electrons. The van der Waals surface area contributed by atoms with Crippen molar-refractivity contribution in [2.75, 3.05) is 19.8 Å². The molecular weight excluding hydrogens is 240 g/mol. The number of ether oxygens (including phenoxy) is 1. The van der Waals surface area contributed by atoms with Gasteiger partial charge in [0.25, 0.3) is 0 Å². The molecule has 1 N–H and O–H groups in total. The number of hydrogen-bond donors (Lipinski definition) is 1. The van der Waals surface area contributed by atoms with Crippen LogP contribution in [-0.2, 0) is 9.53 Å². The fourth-order valence-electron chi connectivity index (χ4n) is 2.73. The monoisotopic (exact) mass is 266 g/mol. The highest BCUT2D eigenvalue weighted by atomic mass is 16.5. The maximum Gasteiger partial charge on any atom is 0.240 e. The topological polar surface area (TPSA) is 62.1 Å². The number of hydrogen-bond acceptors (Lipinski definition) is 3. The molecule has 0 aliphatic carbocycles. The number of carbonyl (C=O) groups is 1. The van der Waals surface area contributed by atoms with E-state index in [0.29, 0.717) is 50.4 Å². The van der Waals surface area contributed by atoms with E-state index in [4.69, 9.17) is 4.74 Å². The van der Waals surface area contributed by atoms with Crippen molar-refractivity contribution >= 4 is 5.91 Å². The zero-order chi connectivity index (χ0) is 14.5. The quantitative estimate of drug-likeness (QED) is 0.831. The van der Waals surface area contributed by atoms with Crippen molar-refractivity contribution < 1.29 is 9.53 Å². The fraction of sp³-hybridized carbons (Fsp3) is 0.867. The van der Waals surface area contributed by atoms with Gasteiger partial charge in [0.05, 0.1) is 6.07 Å². The first kappa shape index (κ1) is 16.0. The Kier molecular flexibility index (Phi) is 5.81. The van der Waals surface area contributed by atoms with E-state index in [1.807, 2.05) is 0 Å². The van der Waals surface area contributed by atoms with E-state index >= 15 is 0 Å². The molecular formula is C15H26N2O2. The van der Waals surface area contributed by atoms with E-state index in [1.165, 1.54) is 0 Å². The number of amides is 1. The highest BCUT2D eigenvalue weighted by Crippen LogP contribution is 2.30. The molecule has 1 aliphatic rings. The standard InChI is InChI=1S/C15H26N2O2/c1-11(2)13(12(3)4)9-17-14(18)15(10-16)5-7-19-8-6-15/h11-13H,5-9H2,1-4H3,(H,17,18). The minimum Gasteiger partial charge on any atom is -0.381 e. The molecule has 0 aromatic carbocycles. The second-order valence-electron chi connectivity index (χ2n) is 6.17. The average molecular weight is 266 g/mol. The predicted octanol–water partition coefficient (Wildman–Crippen LogP) is 2.35. The normalized spacial score (nSPS) is 18.6. The molecule has 0 aromatic rings. The summed E-state index contributed by atoms with van der Waals surface area (Å²) in [5.74, 6) is 1.37. The largest absolute Gasteiger partial charge is 0.381 e. The molecule has 108 valence electrons. The van der Waals surface area contributed by atoms with Crippen LogP contribution < -0.4 is 5.32 Å². The summed E-state index contributed by atoms with van der Waals surface area (Å²) in [5.41, 5.74) is -0.878. The first-order chi connectivity index (χ1) is 8.93. The number of nitrogens with zero attached hydrogens (tertiary/aromatic N) is 1. The average Bonchev–Trinajstić information content (AvgIpc) is 2.38. The Morgan fingerprint density at radius 2 is 1.79 bits per heavy atom. The van der Waals surface area contributed by atoms with Crippen molar-refractivity contribution in [3.05, 3.63) is 0 Å². The molecule has 0 spiro atoms. The van der Waals surface area contributed by atoms with Crippen molar-refractivity contribution in [2.45, 2.75) is 40.5 Å². The number of carbonyl (C=O) groups excluding carboxylic acids is 1. The van der Waals surface area contributed by atoms with Crippen LogP contribution in [0.4, 0.5) is 0 Å². The minimum absolute atomic E-state index is 0.121. The molecule has 1 saturated heterocycles. The van der Waals surface area contributed by atoms with Crippen molar-refractivity contribution in [2.24, 2.45) is 23.2 Å². The predicted molar refractivity (Wildman–Crippen MR) is 74.3 cm³/mol. The molecule has 4 heteroatoms. The van der Waals surface area contributed by atoms with E-state index in [1.54, 1.807) is 0 Å². The van der Waals surface area contributed by atoms with Gasteiger partial charge < -0.3 is 10.1 Å². The maximum atomic E-state index is 12.3. The fourth-order valence-corrected chi connectivity index (χ4v) is 2.73. The lowest BCUT2D eigenvalue weighted by Crippen LogP contribution is -2.46. The minimum atomic E-state index is -0.878. The van der Waals surface area contributed by atoms with Gasteiger partial charge in [-0.2, -0.15) is 5.26 Å². The van der Waals surface area contributed by atoms with Crippen LogP contribution in [0.2, 0.25) is 0 Å². The number of rotatable bonds is 5. The third-order valence-electron chi connectivity index (χ3n) is 4.21. The second-order valence-corrected chi connectivity index (χ2v) is 6.17. The van der Waals surface area contributed by atoms with E-state index in [9.17, 15) is 10.1 Å². The molecule has 0 aromatic heterocycles. The summed E-state index contributed by atoms with van der Waals surface area (Å²) in [7, 11) is 0. The van der Waals surface area contributed by atoms with Crippen LogP contribution in [0.25, 0.3) is 0 Å². The van der Waals surface area contributed by atoms with Gasteiger partial charge in [0, 0.05) is 19.8 Å². The van der Waals surface area contributed by atoms with E-state index in [2.05, 4.69) is 39.1 Å². The van der Waals surface area contributed by atoms with Crippen LogP contribution in [0.15, 0.2) is 0 Å². The molecule has 0 bridgehead atoms. The third-order valence-corrected chi connectivity index (χ3v) is 4.21. The first-order valence-electron chi connectivity index (χ1n) is 7.20. The van der Waals surface area contributed by atoms with E-state index in [-0.39, 0.29) is 5.91 Å². The zero-order valence-corrected chi connectivity index (χ0v) is 12.5. The summed E-state index contributed by atoms with van der Waals surface area (Å²) in [5, 5.41) is 12.3. The van der Waals surface area contributed by atoms with Crippen molar-refractivity contribution in [1.29, 1.82) is 5.26 Å². The van der Waals surface area contributed by atoms with Crippen LogP contribution in [0.5, 0.6) is 0 Å². The van der Waals surface area contributed by atoms with Gasteiger partial charge in [-0.3, -0.25) is 4.79 Å². The van der Waals surface area contributed by atoms with Gasteiger partial charge in [0.15, 0.2) is 0 Å². The lowest BCUT2D eigenvalue weighted by molar-refractivity contribution is -0.132. The van der Waals surface area contributed by atoms with Gasteiger partial charge in [-0.25, -0.2) is 0 Å². The maximum absolute atomic E-state index is 12.3. The smallest absolute Gasteiger partial charge is 0.240 e. The molecule has 0 saturated carbocycles. The van der Waals surface area contributed by atoms with Crippen molar-refractivity contribution in [1.82, 2.24) is 5.32 Å². The molecule has 1 fully saturated rings. The van der Waals surface area contributed by atoms with Crippen molar-refractivity contribution in [3.63, 3.8) is 0 Å². The van der Waals surface area contributed by atoms with Gasteiger partial charge in [0.1, 0.15) is 5.41 Å². The summed E-state index contributed by atoms with van der Waals surface area (Å²) in [4.78, 5) is 12.3. The van der Waals surface area contributed by atoms with Gasteiger partial charge in [-0.1, -0.05) is 27.7 Å². The summed E-state index contributed by atoms with van der Waals surface area (Å²) in [6, 6.07) is 2.21. The Balaban J connectivity index is 2.61. The van der Waals surface area contributed by atoms with Crippen LogP contribution >= 0.6 is 0 Å². The molecule has 1 heterocycles. The molecule has 1 rings (SSSR count). The van der Waals surface area contributed by atoms with Gasteiger partial charge >= 0.3 is 0 Å². The molecule has 1 aliphatic heterocycles. The summed E-state index contributed by atoms with van der Waals surface area (Å²) < 4.78 is 5.25. The van der Waals surface area contributed by atoms with Gasteiger partial charge in [-0.15, -0.1) is 0 Å². The Bertz CT molecular complexity index is 331. The van der Waals surface area contributed by atoms with Crippen LogP contribution in [-0.4, -0.2) is 25.7 Å². The molecule has 19 heavy (non-hydrogen) atoms. The molecule has 4 nitrogen and oxygen atoms in total. The Hall–Kier alpha value is -1.08. The number of nitriles is 1. The van der Waals surface area contributed by atoms with E-state index in [0.717, 1.165) is 0 Å². The summed E-state index contributed by atoms with van der Waals surface area (Å²) in [6.07, 6.45) is 1.01. The first-order valence-corrected chi connectivity index (χ1v) is 7.20. The lowest BCUT2D eigenvalue weighted by Gasteiger charge is -2.31. The van der Waals surface area contributed by atoms with Crippen LogP contribution in [0.1, 0.15) is 40.5 Å². The van der Waals surface area contributed by atoms with Gasteiger partial charge in [-0.05, 0) is 30.6 Å². The van der Waals surface area contributed by atoms with Crippen LogP contribution in [0, 0.1) is 34.5 Å².